The monoisotopic (exact) mass is 347 g/mol. The molecule has 0 amide bonds. The van der Waals surface area contributed by atoms with Gasteiger partial charge in [0, 0.05) is 31.7 Å². The van der Waals surface area contributed by atoms with Gasteiger partial charge in [-0.1, -0.05) is 19.8 Å². The van der Waals surface area contributed by atoms with E-state index in [1.165, 1.54) is 25.7 Å². The molecule has 1 saturated carbocycles. The molecular formula is C20H33N3O2. The average molecular weight is 348 g/mol. The highest BCUT2D eigenvalue weighted by atomic mass is 16.5. The van der Waals surface area contributed by atoms with Crippen molar-refractivity contribution in [3.8, 4) is 0 Å². The number of ether oxygens (including phenoxy) is 1. The molecule has 2 atom stereocenters. The third-order valence-corrected chi connectivity index (χ3v) is 5.55. The van der Waals surface area contributed by atoms with Gasteiger partial charge in [0.05, 0.1) is 11.9 Å². The van der Waals surface area contributed by atoms with E-state index < -0.39 is 0 Å². The molecule has 3 rings (SSSR count). The van der Waals surface area contributed by atoms with E-state index in [4.69, 9.17) is 14.1 Å². The van der Waals surface area contributed by atoms with E-state index >= 15 is 0 Å². The van der Waals surface area contributed by atoms with Crippen molar-refractivity contribution in [2.45, 2.75) is 82.9 Å². The maximum atomic E-state index is 6.16. The number of furan rings is 1. The van der Waals surface area contributed by atoms with E-state index in [-0.39, 0.29) is 5.60 Å². The maximum absolute atomic E-state index is 6.16. The predicted molar refractivity (Wildman–Crippen MR) is 101 cm³/mol. The Morgan fingerprint density at radius 1 is 1.40 bits per heavy atom. The fourth-order valence-electron chi connectivity index (χ4n) is 3.91. The van der Waals surface area contributed by atoms with Crippen molar-refractivity contribution in [3.05, 3.63) is 24.2 Å². The molecule has 2 unspecified atom stereocenters. The normalized spacial score (nSPS) is 24.4. The van der Waals surface area contributed by atoms with E-state index in [1.807, 2.05) is 12.1 Å². The van der Waals surface area contributed by atoms with Crippen molar-refractivity contribution < 1.29 is 9.15 Å². The summed E-state index contributed by atoms with van der Waals surface area (Å²) in [4.78, 5) is 4.79. The number of aliphatic imine (C=N–C) groups is 1. The summed E-state index contributed by atoms with van der Waals surface area (Å²) in [7, 11) is 0. The van der Waals surface area contributed by atoms with Crippen molar-refractivity contribution >= 4 is 5.96 Å². The maximum Gasteiger partial charge on any atom is 0.191 e. The first-order chi connectivity index (χ1) is 12.2. The number of guanidine groups is 1. The zero-order valence-electron chi connectivity index (χ0n) is 15.7. The minimum Gasteiger partial charge on any atom is -0.469 e. The van der Waals surface area contributed by atoms with Crippen LogP contribution in [0.15, 0.2) is 27.8 Å². The SMILES string of the molecule is CCC(C)NC(=NCCc1ccco1)NC1CCOC2(CCCC2)C1. The van der Waals surface area contributed by atoms with E-state index in [2.05, 4.69) is 24.5 Å². The summed E-state index contributed by atoms with van der Waals surface area (Å²) in [6, 6.07) is 4.80. The Morgan fingerprint density at radius 2 is 2.24 bits per heavy atom. The summed E-state index contributed by atoms with van der Waals surface area (Å²) in [6.45, 7) is 5.99. The molecule has 0 radical (unpaired) electrons. The second kappa shape index (κ2) is 8.75. The standard InChI is InChI=1S/C20H33N3O2/c1-3-16(2)22-19(21-12-8-18-7-6-13-24-18)23-17-9-14-25-20(15-17)10-4-5-11-20/h6-7,13,16-17H,3-5,8-12,14-15H2,1-2H3,(H2,21,22,23). The van der Waals surface area contributed by atoms with Gasteiger partial charge in [0.15, 0.2) is 5.96 Å². The first kappa shape index (κ1) is 18.3. The summed E-state index contributed by atoms with van der Waals surface area (Å²) in [5.41, 5.74) is 0.131. The van der Waals surface area contributed by atoms with Crippen LogP contribution in [0.3, 0.4) is 0 Å². The van der Waals surface area contributed by atoms with E-state index in [0.717, 1.165) is 50.6 Å². The minimum absolute atomic E-state index is 0.131. The van der Waals surface area contributed by atoms with Crippen LogP contribution < -0.4 is 10.6 Å². The molecule has 2 heterocycles. The molecule has 2 N–H and O–H groups in total. The predicted octanol–water partition coefficient (Wildman–Crippen LogP) is 3.65. The van der Waals surface area contributed by atoms with Crippen LogP contribution in [0.4, 0.5) is 0 Å². The van der Waals surface area contributed by atoms with Gasteiger partial charge < -0.3 is 19.8 Å². The highest BCUT2D eigenvalue weighted by Crippen LogP contribution is 2.39. The molecule has 5 nitrogen and oxygen atoms in total. The second-order valence-corrected chi connectivity index (χ2v) is 7.59. The first-order valence-electron chi connectivity index (χ1n) is 9.93. The van der Waals surface area contributed by atoms with E-state index in [9.17, 15) is 0 Å². The number of hydrogen-bond donors (Lipinski definition) is 2. The molecule has 1 spiro atoms. The molecule has 2 aliphatic rings. The second-order valence-electron chi connectivity index (χ2n) is 7.59. The Bertz CT molecular complexity index is 535. The van der Waals surface area contributed by atoms with E-state index in [0.29, 0.717) is 12.1 Å². The summed E-state index contributed by atoms with van der Waals surface area (Å²) in [5.74, 6) is 1.92. The Morgan fingerprint density at radius 3 is 2.96 bits per heavy atom. The molecule has 1 aliphatic heterocycles. The Labute approximate surface area is 151 Å². The van der Waals surface area contributed by atoms with Gasteiger partial charge in [-0.3, -0.25) is 4.99 Å². The van der Waals surface area contributed by atoms with Gasteiger partial charge in [-0.25, -0.2) is 0 Å². The minimum atomic E-state index is 0.131. The quantitative estimate of drug-likeness (QED) is 0.609. The number of nitrogens with zero attached hydrogens (tertiary/aromatic N) is 1. The van der Waals surface area contributed by atoms with Gasteiger partial charge in [-0.05, 0) is 51.2 Å². The third kappa shape index (κ3) is 5.24. The largest absolute Gasteiger partial charge is 0.469 e. The van der Waals surface area contributed by atoms with Gasteiger partial charge in [-0.2, -0.15) is 0 Å². The highest BCUT2D eigenvalue weighted by molar-refractivity contribution is 5.80. The summed E-state index contributed by atoms with van der Waals surface area (Å²) in [5, 5.41) is 7.22. The number of hydrogen-bond acceptors (Lipinski definition) is 3. The van der Waals surface area contributed by atoms with Crippen LogP contribution in [0.1, 0.15) is 64.6 Å². The van der Waals surface area contributed by atoms with Crippen LogP contribution in [0, 0.1) is 0 Å². The lowest BCUT2D eigenvalue weighted by atomic mass is 9.89. The topological polar surface area (TPSA) is 58.8 Å². The Balaban J connectivity index is 1.58. The fraction of sp³-hybridized carbons (Fsp3) is 0.750. The molecule has 5 heteroatoms. The van der Waals surface area contributed by atoms with Crippen LogP contribution in [0.5, 0.6) is 0 Å². The van der Waals surface area contributed by atoms with Gasteiger partial charge >= 0.3 is 0 Å². The fourth-order valence-corrected chi connectivity index (χ4v) is 3.91. The highest BCUT2D eigenvalue weighted by Gasteiger charge is 2.40. The average Bonchev–Trinajstić information content (AvgIpc) is 3.27. The van der Waals surface area contributed by atoms with Gasteiger partial charge in [-0.15, -0.1) is 0 Å². The zero-order chi connectivity index (χ0) is 17.5. The summed E-state index contributed by atoms with van der Waals surface area (Å²) in [6.07, 6.45) is 10.8. The van der Waals surface area contributed by atoms with Crippen molar-refractivity contribution in [1.29, 1.82) is 0 Å². The van der Waals surface area contributed by atoms with Gasteiger partial charge in [0.2, 0.25) is 0 Å². The molecule has 0 bridgehead atoms. The lowest BCUT2D eigenvalue weighted by Gasteiger charge is -2.39. The molecule has 1 aromatic rings. The molecule has 0 aromatic carbocycles. The number of nitrogens with one attached hydrogen (secondary N) is 2. The van der Waals surface area contributed by atoms with Crippen LogP contribution in [-0.2, 0) is 11.2 Å². The van der Waals surface area contributed by atoms with Gasteiger partial charge in [0.25, 0.3) is 0 Å². The third-order valence-electron chi connectivity index (χ3n) is 5.55. The lowest BCUT2D eigenvalue weighted by Crippen LogP contribution is -2.52. The number of rotatable bonds is 6. The van der Waals surface area contributed by atoms with Crippen LogP contribution >= 0.6 is 0 Å². The Hall–Kier alpha value is -1.49. The van der Waals surface area contributed by atoms with Gasteiger partial charge in [0.1, 0.15) is 5.76 Å². The summed E-state index contributed by atoms with van der Waals surface area (Å²) >= 11 is 0. The van der Waals surface area contributed by atoms with Crippen molar-refractivity contribution in [2.24, 2.45) is 4.99 Å². The van der Waals surface area contributed by atoms with Crippen molar-refractivity contribution in [2.75, 3.05) is 13.2 Å². The van der Waals surface area contributed by atoms with Crippen LogP contribution in [0.2, 0.25) is 0 Å². The summed E-state index contributed by atoms with van der Waals surface area (Å²) < 4.78 is 11.6. The molecule has 140 valence electrons. The Kier molecular flexibility index (Phi) is 6.40. The zero-order valence-corrected chi connectivity index (χ0v) is 15.7. The van der Waals surface area contributed by atoms with Crippen molar-refractivity contribution in [3.63, 3.8) is 0 Å². The molecular weight excluding hydrogens is 314 g/mol. The molecule has 2 fully saturated rings. The van der Waals surface area contributed by atoms with Crippen LogP contribution in [-0.4, -0.2) is 36.8 Å². The van der Waals surface area contributed by atoms with Crippen LogP contribution in [0.25, 0.3) is 0 Å². The first-order valence-corrected chi connectivity index (χ1v) is 9.93. The molecule has 1 saturated heterocycles. The lowest BCUT2D eigenvalue weighted by molar-refractivity contribution is -0.0815. The smallest absolute Gasteiger partial charge is 0.191 e. The van der Waals surface area contributed by atoms with E-state index in [1.54, 1.807) is 6.26 Å². The van der Waals surface area contributed by atoms with Crippen molar-refractivity contribution in [1.82, 2.24) is 10.6 Å². The molecule has 1 aromatic heterocycles. The molecule has 1 aliphatic carbocycles. The molecule has 25 heavy (non-hydrogen) atoms.